The van der Waals surface area contributed by atoms with Crippen LogP contribution in [0.4, 0.5) is 4.39 Å². The molecule has 8 heteroatoms. The van der Waals surface area contributed by atoms with Crippen molar-refractivity contribution in [3.63, 3.8) is 0 Å². The number of hydrogen-bond donors (Lipinski definition) is 4. The lowest BCUT2D eigenvalue weighted by atomic mass is 9.84. The van der Waals surface area contributed by atoms with Crippen LogP contribution in [0.15, 0.2) is 15.8 Å². The monoisotopic (exact) mass is 276 g/mol. The van der Waals surface area contributed by atoms with Gasteiger partial charge in [-0.15, -0.1) is 0 Å². The molecule has 0 radical (unpaired) electrons. The van der Waals surface area contributed by atoms with Crippen molar-refractivity contribution in [3.8, 4) is 0 Å². The first-order chi connectivity index (χ1) is 8.83. The zero-order valence-corrected chi connectivity index (χ0v) is 10.5. The summed E-state index contributed by atoms with van der Waals surface area (Å²) in [5, 5.41) is 28.0. The summed E-state index contributed by atoms with van der Waals surface area (Å²) in [6.45, 7) is 1.10. The molecule has 0 bridgehead atoms. The van der Waals surface area contributed by atoms with Crippen LogP contribution in [0.2, 0.25) is 0 Å². The van der Waals surface area contributed by atoms with Crippen LogP contribution in [0.5, 0.6) is 0 Å². The minimum Gasteiger partial charge on any atom is -0.396 e. The van der Waals surface area contributed by atoms with Gasteiger partial charge in [-0.05, 0) is 11.8 Å². The van der Waals surface area contributed by atoms with Gasteiger partial charge in [-0.25, -0.2) is 4.79 Å². The molecular formula is C11H17FN2O5. The molecule has 4 N–H and O–H groups in total. The fourth-order valence-electron chi connectivity index (χ4n) is 1.74. The van der Waals surface area contributed by atoms with Crippen molar-refractivity contribution in [1.82, 2.24) is 9.55 Å². The van der Waals surface area contributed by atoms with Crippen LogP contribution in [-0.2, 0) is 0 Å². The molecule has 1 heterocycles. The third-order valence-corrected chi connectivity index (χ3v) is 3.02. The van der Waals surface area contributed by atoms with E-state index in [1.54, 1.807) is 11.9 Å². The van der Waals surface area contributed by atoms with E-state index in [0.29, 0.717) is 10.8 Å². The molecule has 0 fully saturated rings. The predicted molar refractivity (Wildman–Crippen MR) is 64.0 cm³/mol. The quantitative estimate of drug-likeness (QED) is 0.528. The molecule has 0 unspecified atom stereocenters. The van der Waals surface area contributed by atoms with Crippen molar-refractivity contribution < 1.29 is 19.7 Å². The zero-order valence-electron chi connectivity index (χ0n) is 10.5. The van der Waals surface area contributed by atoms with Gasteiger partial charge in [0.15, 0.2) is 0 Å². The summed E-state index contributed by atoms with van der Waals surface area (Å²) in [7, 11) is 0. The first-order valence-electron chi connectivity index (χ1n) is 5.74. The van der Waals surface area contributed by atoms with Gasteiger partial charge in [0.05, 0.1) is 6.20 Å². The lowest BCUT2D eigenvalue weighted by Gasteiger charge is -2.29. The second-order valence-corrected chi connectivity index (χ2v) is 4.77. The summed E-state index contributed by atoms with van der Waals surface area (Å²) in [5.41, 5.74) is -2.92. The molecule has 0 aliphatic heterocycles. The molecule has 0 aromatic carbocycles. The van der Waals surface area contributed by atoms with Gasteiger partial charge >= 0.3 is 5.69 Å². The Hall–Kier alpha value is -1.51. The number of H-pyrrole nitrogens is 1. The highest BCUT2D eigenvalue weighted by Gasteiger charge is 2.28. The van der Waals surface area contributed by atoms with Crippen LogP contribution in [0.3, 0.4) is 0 Å². The number of aliphatic hydroxyl groups is 3. The van der Waals surface area contributed by atoms with Crippen molar-refractivity contribution in [3.05, 3.63) is 32.9 Å². The molecule has 2 atom stereocenters. The first kappa shape index (κ1) is 15.5. The Bertz CT molecular complexity index is 541. The maximum absolute atomic E-state index is 13.1. The molecule has 0 aliphatic carbocycles. The average molecular weight is 276 g/mol. The summed E-state index contributed by atoms with van der Waals surface area (Å²) in [6.07, 6.45) is -0.665. The van der Waals surface area contributed by atoms with E-state index in [2.05, 4.69) is 0 Å². The smallest absolute Gasteiger partial charge is 0.330 e. The first-order valence-corrected chi connectivity index (χ1v) is 5.74. The lowest BCUT2D eigenvalue weighted by Crippen LogP contribution is -2.36. The van der Waals surface area contributed by atoms with Gasteiger partial charge in [-0.2, -0.15) is 4.39 Å². The van der Waals surface area contributed by atoms with E-state index in [1.807, 2.05) is 0 Å². The van der Waals surface area contributed by atoms with E-state index in [-0.39, 0.29) is 26.1 Å². The van der Waals surface area contributed by atoms with E-state index in [4.69, 9.17) is 5.11 Å². The van der Waals surface area contributed by atoms with E-state index >= 15 is 0 Å². The largest absolute Gasteiger partial charge is 0.396 e. The van der Waals surface area contributed by atoms with E-state index in [1.165, 1.54) is 0 Å². The standard InChI is InChI=1S/C11H17FN2O5/c1-11(6-16,2-3-15)4-8(17)14-5-7(12)9(18)13-10(14)19/h5,8,15-17H,2-4,6H2,1H3,(H,13,18,19)/t8-,11+/m1/s1. The summed E-state index contributed by atoms with van der Waals surface area (Å²) < 4.78 is 13.7. The fraction of sp³-hybridized carbons (Fsp3) is 0.636. The number of nitrogens with zero attached hydrogens (tertiary/aromatic N) is 1. The van der Waals surface area contributed by atoms with Crippen LogP contribution in [0, 0.1) is 11.2 Å². The van der Waals surface area contributed by atoms with Gasteiger partial charge in [0, 0.05) is 19.6 Å². The topological polar surface area (TPSA) is 116 Å². The van der Waals surface area contributed by atoms with Crippen molar-refractivity contribution in [2.45, 2.75) is 26.0 Å². The summed E-state index contributed by atoms with van der Waals surface area (Å²) in [6, 6.07) is 0. The molecule has 1 aromatic heterocycles. The molecule has 1 aromatic rings. The van der Waals surface area contributed by atoms with Crippen molar-refractivity contribution in [2.24, 2.45) is 5.41 Å². The number of rotatable bonds is 6. The number of nitrogens with one attached hydrogen (secondary N) is 1. The number of aliphatic hydroxyl groups excluding tert-OH is 3. The molecule has 0 saturated carbocycles. The molecule has 1 rings (SSSR count). The molecule has 0 aliphatic rings. The highest BCUT2D eigenvalue weighted by molar-refractivity contribution is 4.89. The number of aromatic amines is 1. The SMILES string of the molecule is C[C@](CO)(CCO)C[C@@H](O)n1cc(F)c(=O)[nH]c1=O. The molecule has 0 spiro atoms. The second-order valence-electron chi connectivity index (χ2n) is 4.77. The van der Waals surface area contributed by atoms with Crippen LogP contribution in [0.1, 0.15) is 26.0 Å². The minimum atomic E-state index is -1.41. The highest BCUT2D eigenvalue weighted by atomic mass is 19.1. The third kappa shape index (κ3) is 3.72. The minimum absolute atomic E-state index is 0.0740. The maximum Gasteiger partial charge on any atom is 0.330 e. The van der Waals surface area contributed by atoms with Gasteiger partial charge < -0.3 is 15.3 Å². The van der Waals surface area contributed by atoms with Crippen molar-refractivity contribution in [2.75, 3.05) is 13.2 Å². The van der Waals surface area contributed by atoms with E-state index in [0.717, 1.165) is 0 Å². The molecule has 0 amide bonds. The van der Waals surface area contributed by atoms with Crippen molar-refractivity contribution in [1.29, 1.82) is 0 Å². The zero-order chi connectivity index (χ0) is 14.6. The van der Waals surface area contributed by atoms with E-state index in [9.17, 15) is 24.2 Å². The number of aromatic nitrogens is 2. The number of hydrogen-bond acceptors (Lipinski definition) is 5. The molecular weight excluding hydrogens is 259 g/mol. The summed E-state index contributed by atoms with van der Waals surface area (Å²) >= 11 is 0. The Kier molecular flexibility index (Phi) is 4.98. The van der Waals surface area contributed by atoms with Gasteiger partial charge in [0.2, 0.25) is 5.82 Å². The highest BCUT2D eigenvalue weighted by Crippen LogP contribution is 2.29. The van der Waals surface area contributed by atoms with E-state index < -0.39 is 28.7 Å². The maximum atomic E-state index is 13.1. The van der Waals surface area contributed by atoms with Gasteiger partial charge in [-0.3, -0.25) is 14.3 Å². The predicted octanol–water partition coefficient (Wildman–Crippen LogP) is -1.06. The summed E-state index contributed by atoms with van der Waals surface area (Å²) in [5.74, 6) is -1.19. The Balaban J connectivity index is 3.01. The molecule has 7 nitrogen and oxygen atoms in total. The van der Waals surface area contributed by atoms with Crippen LogP contribution >= 0.6 is 0 Å². The Morgan fingerprint density at radius 2 is 2.11 bits per heavy atom. The average Bonchev–Trinajstić information content (AvgIpc) is 2.33. The third-order valence-electron chi connectivity index (χ3n) is 3.02. The van der Waals surface area contributed by atoms with Crippen LogP contribution < -0.4 is 11.2 Å². The lowest BCUT2D eigenvalue weighted by molar-refractivity contribution is 0.00616. The Labute approximate surface area is 108 Å². The molecule has 108 valence electrons. The fourth-order valence-corrected chi connectivity index (χ4v) is 1.74. The molecule has 0 saturated heterocycles. The van der Waals surface area contributed by atoms with Crippen LogP contribution in [0.25, 0.3) is 0 Å². The number of halogens is 1. The molecule has 19 heavy (non-hydrogen) atoms. The Morgan fingerprint density at radius 1 is 1.47 bits per heavy atom. The van der Waals surface area contributed by atoms with Gasteiger partial charge in [0.1, 0.15) is 6.23 Å². The normalized spacial score (nSPS) is 16.1. The van der Waals surface area contributed by atoms with Gasteiger partial charge in [-0.1, -0.05) is 6.92 Å². The van der Waals surface area contributed by atoms with Crippen LogP contribution in [-0.4, -0.2) is 38.1 Å². The Morgan fingerprint density at radius 3 is 2.63 bits per heavy atom. The van der Waals surface area contributed by atoms with Crippen molar-refractivity contribution >= 4 is 0 Å². The summed E-state index contributed by atoms with van der Waals surface area (Å²) in [4.78, 5) is 24.0. The second kappa shape index (κ2) is 6.09. The van der Waals surface area contributed by atoms with Gasteiger partial charge in [0.25, 0.3) is 5.56 Å².